The Hall–Kier alpha value is -2.88. The number of benzene rings is 2. The van der Waals surface area contributed by atoms with E-state index in [9.17, 15) is 9.59 Å². The van der Waals surface area contributed by atoms with Crippen molar-refractivity contribution < 1.29 is 14.3 Å². The number of ether oxygens (including phenoxy) is 1. The quantitative estimate of drug-likeness (QED) is 0.712. The normalized spacial score (nSPS) is 12.1. The van der Waals surface area contributed by atoms with E-state index in [1.165, 1.54) is 6.92 Å². The van der Waals surface area contributed by atoms with Gasteiger partial charge < -0.3 is 9.72 Å². The number of aromatic amines is 1. The van der Waals surface area contributed by atoms with Crippen molar-refractivity contribution in [3.05, 3.63) is 65.4 Å². The van der Waals surface area contributed by atoms with Gasteiger partial charge in [0, 0.05) is 27.7 Å². The van der Waals surface area contributed by atoms with Crippen LogP contribution in [0.3, 0.4) is 0 Å². The molecule has 0 bridgehead atoms. The summed E-state index contributed by atoms with van der Waals surface area (Å²) in [5, 5.41) is 0.896. The van der Waals surface area contributed by atoms with Crippen molar-refractivity contribution in [2.75, 3.05) is 0 Å². The molecule has 0 saturated carbocycles. The number of nitrogens with one attached hydrogen (secondary N) is 1. The van der Waals surface area contributed by atoms with E-state index in [2.05, 4.69) is 4.98 Å². The maximum absolute atomic E-state index is 12.9. The molecule has 24 heavy (non-hydrogen) atoms. The highest BCUT2D eigenvalue weighted by atomic mass is 16.5. The largest absolute Gasteiger partial charge is 0.483 e. The second kappa shape index (κ2) is 6.32. The molecule has 0 aliphatic rings. The van der Waals surface area contributed by atoms with Crippen LogP contribution in [0.15, 0.2) is 48.5 Å². The van der Waals surface area contributed by atoms with Crippen molar-refractivity contribution in [1.82, 2.24) is 4.98 Å². The third-order valence-corrected chi connectivity index (χ3v) is 4.06. The monoisotopic (exact) mass is 321 g/mol. The predicted molar refractivity (Wildman–Crippen MR) is 93.9 cm³/mol. The molecule has 122 valence electrons. The topological polar surface area (TPSA) is 59.2 Å². The van der Waals surface area contributed by atoms with Crippen molar-refractivity contribution in [2.45, 2.75) is 26.9 Å². The minimum absolute atomic E-state index is 0.0353. The molecule has 0 amide bonds. The zero-order valence-corrected chi connectivity index (χ0v) is 13.9. The van der Waals surface area contributed by atoms with Crippen LogP contribution in [0.4, 0.5) is 0 Å². The number of ketones is 2. The number of para-hydroxylation sites is 1. The minimum Gasteiger partial charge on any atom is -0.483 e. The van der Waals surface area contributed by atoms with E-state index in [-0.39, 0.29) is 11.6 Å². The van der Waals surface area contributed by atoms with Gasteiger partial charge >= 0.3 is 0 Å². The van der Waals surface area contributed by atoms with Gasteiger partial charge in [0.15, 0.2) is 11.9 Å². The van der Waals surface area contributed by atoms with Crippen LogP contribution in [-0.4, -0.2) is 22.7 Å². The first-order valence-corrected chi connectivity index (χ1v) is 7.86. The van der Waals surface area contributed by atoms with E-state index in [0.717, 1.165) is 16.6 Å². The maximum atomic E-state index is 12.9. The average Bonchev–Trinajstić information content (AvgIpc) is 2.90. The maximum Gasteiger partial charge on any atom is 0.205 e. The van der Waals surface area contributed by atoms with Gasteiger partial charge in [-0.25, -0.2) is 0 Å². The molecule has 0 fully saturated rings. The summed E-state index contributed by atoms with van der Waals surface area (Å²) in [6, 6.07) is 14.6. The van der Waals surface area contributed by atoms with E-state index in [0.29, 0.717) is 16.9 Å². The van der Waals surface area contributed by atoms with Crippen molar-refractivity contribution in [3.63, 3.8) is 0 Å². The standard InChI is InChI=1S/C20H19NO3/c1-12-19(17-9-4-5-10-18(17)21-12)20(23)14(3)24-16-8-6-7-15(11-16)13(2)22/h4-11,14,21H,1-3H3/t14-/m1/s1. The first-order valence-electron chi connectivity index (χ1n) is 7.86. The highest BCUT2D eigenvalue weighted by Gasteiger charge is 2.22. The molecular formula is C20H19NO3. The minimum atomic E-state index is -0.648. The highest BCUT2D eigenvalue weighted by Crippen LogP contribution is 2.25. The van der Waals surface area contributed by atoms with Gasteiger partial charge in [0.1, 0.15) is 5.75 Å². The van der Waals surface area contributed by atoms with Crippen LogP contribution in [0.2, 0.25) is 0 Å². The summed E-state index contributed by atoms with van der Waals surface area (Å²) in [6.45, 7) is 5.11. The van der Waals surface area contributed by atoms with E-state index < -0.39 is 6.10 Å². The number of aromatic nitrogens is 1. The smallest absolute Gasteiger partial charge is 0.205 e. The van der Waals surface area contributed by atoms with Crippen molar-refractivity contribution in [3.8, 4) is 5.75 Å². The molecule has 4 heteroatoms. The molecule has 1 N–H and O–H groups in total. The number of aryl methyl sites for hydroxylation is 1. The fraction of sp³-hybridized carbons (Fsp3) is 0.200. The number of H-pyrrole nitrogens is 1. The summed E-state index contributed by atoms with van der Waals surface area (Å²) >= 11 is 0. The Morgan fingerprint density at radius 2 is 1.83 bits per heavy atom. The van der Waals surface area contributed by atoms with Crippen LogP contribution in [-0.2, 0) is 0 Å². The molecule has 0 unspecified atom stereocenters. The van der Waals surface area contributed by atoms with E-state index >= 15 is 0 Å². The molecule has 0 radical (unpaired) electrons. The zero-order valence-electron chi connectivity index (χ0n) is 13.9. The van der Waals surface area contributed by atoms with Crippen molar-refractivity contribution in [1.29, 1.82) is 0 Å². The van der Waals surface area contributed by atoms with Gasteiger partial charge in [-0.05, 0) is 39.0 Å². The molecule has 0 saturated heterocycles. The van der Waals surface area contributed by atoms with Crippen LogP contribution in [0.1, 0.15) is 40.3 Å². The lowest BCUT2D eigenvalue weighted by Gasteiger charge is -2.14. The molecule has 3 rings (SSSR count). The third kappa shape index (κ3) is 2.95. The Labute approximate surface area is 140 Å². The summed E-state index contributed by atoms with van der Waals surface area (Å²) in [5.41, 5.74) is 2.98. The van der Waals surface area contributed by atoms with Crippen LogP contribution in [0, 0.1) is 6.92 Å². The summed E-state index contributed by atoms with van der Waals surface area (Å²) in [6.07, 6.45) is -0.648. The Morgan fingerprint density at radius 3 is 2.58 bits per heavy atom. The summed E-state index contributed by atoms with van der Waals surface area (Å²) < 4.78 is 5.78. The Kier molecular flexibility index (Phi) is 4.21. The van der Waals surface area contributed by atoms with Crippen molar-refractivity contribution >= 4 is 22.5 Å². The van der Waals surface area contributed by atoms with E-state index in [1.54, 1.807) is 31.2 Å². The van der Waals surface area contributed by atoms with Gasteiger partial charge in [0.2, 0.25) is 5.78 Å². The van der Waals surface area contributed by atoms with Gasteiger partial charge in [-0.2, -0.15) is 0 Å². The number of carbonyl (C=O) groups is 2. The molecule has 1 aromatic heterocycles. The average molecular weight is 321 g/mol. The molecule has 0 spiro atoms. The molecule has 0 aliphatic carbocycles. The molecule has 3 aromatic rings. The number of rotatable bonds is 5. The van der Waals surface area contributed by atoms with Crippen LogP contribution in [0.5, 0.6) is 5.75 Å². The van der Waals surface area contributed by atoms with Gasteiger partial charge in [-0.15, -0.1) is 0 Å². The van der Waals surface area contributed by atoms with Crippen LogP contribution >= 0.6 is 0 Å². The number of carbonyl (C=O) groups excluding carboxylic acids is 2. The van der Waals surface area contributed by atoms with Crippen LogP contribution < -0.4 is 4.74 Å². The number of Topliss-reactive ketones (excluding diaryl/α,β-unsaturated/α-hetero) is 2. The van der Waals surface area contributed by atoms with Gasteiger partial charge in [0.25, 0.3) is 0 Å². The molecule has 4 nitrogen and oxygen atoms in total. The Bertz CT molecular complexity index is 924. The molecule has 1 atom stereocenters. The Morgan fingerprint density at radius 1 is 1.08 bits per heavy atom. The first kappa shape index (κ1) is 16.0. The van der Waals surface area contributed by atoms with Crippen molar-refractivity contribution in [2.24, 2.45) is 0 Å². The SMILES string of the molecule is CC(=O)c1cccc(O[C@H](C)C(=O)c2c(C)[nH]c3ccccc23)c1. The predicted octanol–water partition coefficient (Wildman–Crippen LogP) is 4.33. The summed E-state index contributed by atoms with van der Waals surface area (Å²) in [4.78, 5) is 27.5. The summed E-state index contributed by atoms with van der Waals surface area (Å²) in [5.74, 6) is 0.395. The molecule has 1 heterocycles. The third-order valence-electron chi connectivity index (χ3n) is 4.06. The second-order valence-electron chi connectivity index (χ2n) is 5.88. The fourth-order valence-electron chi connectivity index (χ4n) is 2.84. The number of hydrogen-bond acceptors (Lipinski definition) is 3. The van der Waals surface area contributed by atoms with Crippen LogP contribution in [0.25, 0.3) is 10.9 Å². The Balaban J connectivity index is 1.88. The fourth-order valence-corrected chi connectivity index (χ4v) is 2.84. The second-order valence-corrected chi connectivity index (χ2v) is 5.88. The first-order chi connectivity index (χ1) is 11.5. The molecule has 2 aromatic carbocycles. The van der Waals surface area contributed by atoms with E-state index in [4.69, 9.17) is 4.74 Å². The molecule has 0 aliphatic heterocycles. The van der Waals surface area contributed by atoms with Gasteiger partial charge in [0.05, 0.1) is 0 Å². The molecular weight excluding hydrogens is 302 g/mol. The van der Waals surface area contributed by atoms with Gasteiger partial charge in [-0.1, -0.05) is 30.3 Å². The summed E-state index contributed by atoms with van der Waals surface area (Å²) in [7, 11) is 0. The lowest BCUT2D eigenvalue weighted by Crippen LogP contribution is -2.24. The number of fused-ring (bicyclic) bond motifs is 1. The number of hydrogen-bond donors (Lipinski definition) is 1. The van der Waals surface area contributed by atoms with E-state index in [1.807, 2.05) is 31.2 Å². The van der Waals surface area contributed by atoms with Gasteiger partial charge in [-0.3, -0.25) is 9.59 Å². The lowest BCUT2D eigenvalue weighted by atomic mass is 10.0. The zero-order chi connectivity index (χ0) is 17.3. The lowest BCUT2D eigenvalue weighted by molar-refractivity contribution is 0.0819. The highest BCUT2D eigenvalue weighted by molar-refractivity contribution is 6.11.